The van der Waals surface area contributed by atoms with Crippen molar-refractivity contribution in [1.82, 2.24) is 0 Å². The quantitative estimate of drug-likeness (QED) is 0.181. The minimum Gasteiger partial charge on any atom is -0.457 e. The van der Waals surface area contributed by atoms with Crippen LogP contribution in [0.1, 0.15) is 75.7 Å². The highest BCUT2D eigenvalue weighted by Gasteiger charge is 2.46. The van der Waals surface area contributed by atoms with Gasteiger partial charge in [0.1, 0.15) is 12.0 Å². The largest absolute Gasteiger partial charge is 0.457 e. The molecule has 0 aromatic heterocycles. The van der Waals surface area contributed by atoms with Crippen LogP contribution in [0.15, 0.2) is 11.8 Å². The van der Waals surface area contributed by atoms with Crippen molar-refractivity contribution in [2.24, 2.45) is 11.8 Å². The van der Waals surface area contributed by atoms with Gasteiger partial charge in [-0.05, 0) is 36.3 Å². The maximum atomic E-state index is 12.2. The Morgan fingerprint density at radius 2 is 1.41 bits per heavy atom. The number of esters is 1. The van der Waals surface area contributed by atoms with E-state index in [0.717, 1.165) is 6.29 Å². The number of ether oxygens (including phenoxy) is 2. The van der Waals surface area contributed by atoms with Gasteiger partial charge in [-0.3, -0.25) is 0 Å². The summed E-state index contributed by atoms with van der Waals surface area (Å²) in [6.07, 6.45) is 2.21. The van der Waals surface area contributed by atoms with Crippen LogP contribution in [0.25, 0.3) is 0 Å². The van der Waals surface area contributed by atoms with E-state index in [9.17, 15) is 9.59 Å². The summed E-state index contributed by atoms with van der Waals surface area (Å²) >= 11 is 0. The van der Waals surface area contributed by atoms with Gasteiger partial charge in [0.25, 0.3) is 0 Å². The monoisotopic (exact) mass is 514 g/mol. The van der Waals surface area contributed by atoms with Gasteiger partial charge in [0.2, 0.25) is 5.79 Å². The second-order valence-corrected chi connectivity index (χ2v) is 22.9. The highest BCUT2D eigenvalue weighted by molar-refractivity contribution is 6.74. The van der Waals surface area contributed by atoms with E-state index in [2.05, 4.69) is 74.7 Å². The fourth-order valence-electron chi connectivity index (χ4n) is 3.46. The third kappa shape index (κ3) is 8.03. The summed E-state index contributed by atoms with van der Waals surface area (Å²) in [6.45, 7) is 29.5. The predicted octanol–water partition coefficient (Wildman–Crippen LogP) is 6.82. The van der Waals surface area contributed by atoms with Crippen LogP contribution in [0, 0.1) is 11.8 Å². The Hall–Kier alpha value is -0.966. The first-order chi connectivity index (χ1) is 15.0. The average Bonchev–Trinajstić information content (AvgIpc) is 2.60. The topological polar surface area (TPSA) is 71.1 Å². The first-order valence-corrected chi connectivity index (χ1v) is 18.3. The molecule has 0 N–H and O–H groups in total. The molecule has 4 atom stereocenters. The normalized spacial score (nSPS) is 21.0. The van der Waals surface area contributed by atoms with Crippen molar-refractivity contribution in [1.29, 1.82) is 0 Å². The molecule has 1 rings (SSSR count). The van der Waals surface area contributed by atoms with Crippen LogP contribution >= 0.6 is 0 Å². The molecule has 0 saturated carbocycles. The van der Waals surface area contributed by atoms with Crippen molar-refractivity contribution in [3.8, 4) is 0 Å². The zero-order valence-corrected chi connectivity index (χ0v) is 26.1. The fourth-order valence-corrected chi connectivity index (χ4v) is 6.33. The van der Waals surface area contributed by atoms with Gasteiger partial charge in [-0.15, -0.1) is 0 Å². The van der Waals surface area contributed by atoms with E-state index in [4.69, 9.17) is 18.3 Å². The van der Waals surface area contributed by atoms with Gasteiger partial charge < -0.3 is 23.1 Å². The van der Waals surface area contributed by atoms with Crippen molar-refractivity contribution in [3.05, 3.63) is 11.8 Å². The van der Waals surface area contributed by atoms with Gasteiger partial charge in [0.05, 0.1) is 18.3 Å². The van der Waals surface area contributed by atoms with Crippen LogP contribution in [0.4, 0.5) is 0 Å². The number of hydrogen-bond donors (Lipinski definition) is 0. The SMILES string of the molecule is C[C@H]([C@H](O[Si](C)(C)C(C)(C)C)[C@@H](C)C=O)[C@@H](CC1=CC(=O)OC(C)(C)O1)O[Si](C)(C)C(C)(C)C. The van der Waals surface area contributed by atoms with Crippen molar-refractivity contribution in [2.45, 2.75) is 130 Å². The Bertz CT molecular complexity index is 758. The van der Waals surface area contributed by atoms with Crippen LogP contribution in [-0.2, 0) is 27.9 Å². The summed E-state index contributed by atoms with van der Waals surface area (Å²) in [5.41, 5.74) is 0. The number of aldehydes is 1. The van der Waals surface area contributed by atoms with E-state index in [1.54, 1.807) is 13.8 Å². The lowest BCUT2D eigenvalue weighted by Gasteiger charge is -2.46. The summed E-state index contributed by atoms with van der Waals surface area (Å²) in [4.78, 5) is 24.2. The lowest BCUT2D eigenvalue weighted by atomic mass is 9.88. The molecule has 0 spiro atoms. The smallest absolute Gasteiger partial charge is 0.337 e. The van der Waals surface area contributed by atoms with Gasteiger partial charge in [-0.2, -0.15) is 0 Å². The number of hydrogen-bond acceptors (Lipinski definition) is 6. The van der Waals surface area contributed by atoms with Gasteiger partial charge in [0, 0.05) is 32.1 Å². The molecule has 0 aliphatic carbocycles. The molecule has 0 bridgehead atoms. The molecule has 0 amide bonds. The Morgan fingerprint density at radius 3 is 1.82 bits per heavy atom. The Morgan fingerprint density at radius 1 is 0.941 bits per heavy atom. The Balaban J connectivity index is 3.43. The number of carbonyl (C=O) groups is 2. The molecule has 34 heavy (non-hydrogen) atoms. The van der Waals surface area contributed by atoms with Crippen LogP contribution in [-0.4, -0.2) is 46.9 Å². The van der Waals surface area contributed by atoms with E-state index in [0.29, 0.717) is 12.2 Å². The van der Waals surface area contributed by atoms with E-state index >= 15 is 0 Å². The first kappa shape index (κ1) is 31.1. The number of rotatable bonds is 10. The second kappa shape index (κ2) is 10.6. The molecule has 0 aromatic rings. The molecular weight excluding hydrogens is 464 g/mol. The summed E-state index contributed by atoms with van der Waals surface area (Å²) in [6, 6.07) is 0. The summed E-state index contributed by atoms with van der Waals surface area (Å²) in [7, 11) is -4.35. The zero-order chi connectivity index (χ0) is 26.9. The molecule has 0 aromatic carbocycles. The molecule has 198 valence electrons. The molecule has 0 unspecified atom stereocenters. The minimum absolute atomic E-state index is 0.00294. The van der Waals surface area contributed by atoms with Gasteiger partial charge in [-0.1, -0.05) is 55.4 Å². The molecule has 8 heteroatoms. The van der Waals surface area contributed by atoms with E-state index < -0.39 is 28.4 Å². The molecule has 1 heterocycles. The molecule has 0 radical (unpaired) electrons. The first-order valence-electron chi connectivity index (χ1n) is 12.5. The summed E-state index contributed by atoms with van der Waals surface area (Å²) in [5, 5.41) is 0.00316. The average molecular weight is 515 g/mol. The highest BCUT2D eigenvalue weighted by atomic mass is 28.4. The maximum absolute atomic E-state index is 12.2. The van der Waals surface area contributed by atoms with Crippen molar-refractivity contribution < 1.29 is 27.9 Å². The van der Waals surface area contributed by atoms with Gasteiger partial charge in [0.15, 0.2) is 16.6 Å². The van der Waals surface area contributed by atoms with Crippen LogP contribution in [0.5, 0.6) is 0 Å². The molecule has 1 aliphatic rings. The van der Waals surface area contributed by atoms with E-state index in [1.165, 1.54) is 6.08 Å². The molecular formula is C26H50O6Si2. The third-order valence-electron chi connectivity index (χ3n) is 7.73. The third-order valence-corrected chi connectivity index (χ3v) is 16.7. The molecule has 6 nitrogen and oxygen atoms in total. The van der Waals surface area contributed by atoms with Gasteiger partial charge >= 0.3 is 5.97 Å². The van der Waals surface area contributed by atoms with Crippen molar-refractivity contribution in [3.63, 3.8) is 0 Å². The van der Waals surface area contributed by atoms with Gasteiger partial charge in [-0.25, -0.2) is 4.79 Å². The zero-order valence-electron chi connectivity index (χ0n) is 24.1. The Kier molecular flexibility index (Phi) is 9.65. The number of cyclic esters (lactones) is 1. The highest BCUT2D eigenvalue weighted by Crippen LogP contribution is 2.43. The van der Waals surface area contributed by atoms with E-state index in [1.807, 2.05) is 6.92 Å². The molecule has 0 saturated heterocycles. The van der Waals surface area contributed by atoms with Crippen LogP contribution in [0.3, 0.4) is 0 Å². The van der Waals surface area contributed by atoms with Crippen LogP contribution in [0.2, 0.25) is 36.3 Å². The minimum atomic E-state index is -2.19. The Labute approximate surface area is 210 Å². The lowest BCUT2D eigenvalue weighted by Crippen LogP contribution is -2.52. The van der Waals surface area contributed by atoms with Crippen molar-refractivity contribution >= 4 is 28.9 Å². The summed E-state index contributed by atoms with van der Waals surface area (Å²) < 4.78 is 25.0. The second-order valence-electron chi connectivity index (χ2n) is 13.4. The predicted molar refractivity (Wildman–Crippen MR) is 142 cm³/mol. The van der Waals surface area contributed by atoms with E-state index in [-0.39, 0.29) is 34.1 Å². The summed E-state index contributed by atoms with van der Waals surface area (Å²) in [5.74, 6) is -1.30. The lowest BCUT2D eigenvalue weighted by molar-refractivity contribution is -0.207. The standard InChI is InChI=1S/C26H50O6Si2/c1-18(17-27)23(32-34(13,14)25(6,7)8)19(2)21(31-33(11,12)24(3,4)5)15-20-16-22(28)30-26(9,10)29-20/h16-19,21,23H,15H2,1-14H3/t18-,19-,21+,23+/m0/s1. The molecule has 0 fully saturated rings. The maximum Gasteiger partial charge on any atom is 0.337 e. The van der Waals surface area contributed by atoms with Crippen molar-refractivity contribution in [2.75, 3.05) is 0 Å². The number of carbonyl (C=O) groups excluding carboxylic acids is 2. The fraction of sp³-hybridized carbons (Fsp3) is 0.846. The molecule has 1 aliphatic heterocycles. The van der Waals surface area contributed by atoms with Crippen LogP contribution < -0.4 is 0 Å².